The van der Waals surface area contributed by atoms with Gasteiger partial charge in [-0.25, -0.2) is 0 Å². The normalized spacial score (nSPS) is 12.1. The van der Waals surface area contributed by atoms with E-state index in [2.05, 4.69) is 5.32 Å². The summed E-state index contributed by atoms with van der Waals surface area (Å²) in [5, 5.41) is 41.3. The Labute approximate surface area is 181 Å². The van der Waals surface area contributed by atoms with E-state index in [9.17, 15) is 14.4 Å². The minimum atomic E-state index is -1.00. The van der Waals surface area contributed by atoms with Crippen LogP contribution in [-0.4, -0.2) is 74.9 Å². The second-order valence-electron chi connectivity index (χ2n) is 6.65. The molecule has 3 atom stereocenters. The molecule has 0 heterocycles. The molecule has 0 amide bonds. The monoisotopic (exact) mass is 454 g/mol. The summed E-state index contributed by atoms with van der Waals surface area (Å²) in [5.74, 6) is -3.47. The van der Waals surface area contributed by atoms with E-state index in [-0.39, 0.29) is 5.96 Å². The van der Waals surface area contributed by atoms with E-state index in [1.165, 1.54) is 6.92 Å². The van der Waals surface area contributed by atoms with Crippen LogP contribution in [0.4, 0.5) is 0 Å². The fraction of sp³-hybridized carbons (Fsp3) is 0.706. The van der Waals surface area contributed by atoms with Crippen LogP contribution in [0.25, 0.3) is 0 Å². The Morgan fingerprint density at radius 1 is 0.871 bits per heavy atom. The highest BCUT2D eigenvalue weighted by Crippen LogP contribution is 2.01. The molecule has 0 aromatic heterocycles. The molecule has 0 aliphatic carbocycles. The number of hydrogen-bond donors (Lipinski definition) is 10. The largest absolute Gasteiger partial charge is 0.481 e. The van der Waals surface area contributed by atoms with E-state index >= 15 is 0 Å². The summed E-state index contributed by atoms with van der Waals surface area (Å²) < 4.78 is 0. The average Bonchev–Trinajstić information content (AvgIpc) is 2.58. The number of carboxylic acid groups (broad SMARTS) is 4. The van der Waals surface area contributed by atoms with Crippen molar-refractivity contribution in [2.24, 2.45) is 28.9 Å². The fourth-order valence-corrected chi connectivity index (χ4v) is 1.28. The molecular weight excluding hydrogens is 416 g/mol. The van der Waals surface area contributed by atoms with Crippen LogP contribution < -0.4 is 28.3 Å². The number of hydrogen-bond acceptors (Lipinski definition) is 8. The summed E-state index contributed by atoms with van der Waals surface area (Å²) in [4.78, 5) is 38.9. The number of carboxylic acids is 4. The zero-order valence-electron chi connectivity index (χ0n) is 18.4. The molecule has 14 N–H and O–H groups in total. The number of rotatable bonds is 9. The van der Waals surface area contributed by atoms with Gasteiger partial charge < -0.3 is 48.7 Å². The summed E-state index contributed by atoms with van der Waals surface area (Å²) in [6.07, 6.45) is 1.53. The molecule has 0 aromatic rings. The first-order valence-corrected chi connectivity index (χ1v) is 9.18. The fourth-order valence-electron chi connectivity index (χ4n) is 1.28. The molecule has 0 rings (SSSR count). The molecule has 0 aromatic carbocycles. The molecule has 0 radical (unpaired) electrons. The average molecular weight is 455 g/mol. The van der Waals surface area contributed by atoms with Crippen LogP contribution in [0, 0.1) is 11.3 Å². The first-order chi connectivity index (χ1) is 13.9. The van der Waals surface area contributed by atoms with Crippen molar-refractivity contribution in [3.63, 3.8) is 0 Å². The van der Waals surface area contributed by atoms with Crippen molar-refractivity contribution in [1.29, 1.82) is 5.41 Å². The molecule has 14 heteroatoms. The molecule has 0 saturated heterocycles. The number of carbonyl (C=O) groups is 4. The van der Waals surface area contributed by atoms with E-state index < -0.39 is 42.0 Å². The van der Waals surface area contributed by atoms with Gasteiger partial charge in [0.05, 0.1) is 0 Å². The van der Waals surface area contributed by atoms with Crippen molar-refractivity contribution in [1.82, 2.24) is 5.32 Å². The zero-order chi connectivity index (χ0) is 25.7. The lowest BCUT2D eigenvalue weighted by Crippen LogP contribution is -2.34. The second kappa shape index (κ2) is 21.7. The Hall–Kier alpha value is -2.97. The molecule has 14 nitrogen and oxygen atoms in total. The summed E-state index contributed by atoms with van der Waals surface area (Å²) >= 11 is 0. The van der Waals surface area contributed by atoms with Gasteiger partial charge in [-0.3, -0.25) is 24.6 Å². The Morgan fingerprint density at radius 3 is 1.42 bits per heavy atom. The molecule has 0 spiro atoms. The lowest BCUT2D eigenvalue weighted by atomic mass is 10.1. The van der Waals surface area contributed by atoms with Gasteiger partial charge in [0.15, 0.2) is 5.96 Å². The lowest BCUT2D eigenvalue weighted by molar-refractivity contribution is -0.139. The third-order valence-corrected chi connectivity index (χ3v) is 2.76. The third-order valence-electron chi connectivity index (χ3n) is 2.76. The van der Waals surface area contributed by atoms with Crippen molar-refractivity contribution in [3.8, 4) is 0 Å². The van der Waals surface area contributed by atoms with Crippen LogP contribution in [0.3, 0.4) is 0 Å². The van der Waals surface area contributed by atoms with Crippen molar-refractivity contribution in [2.45, 2.75) is 65.1 Å². The van der Waals surface area contributed by atoms with Crippen LogP contribution in [0.1, 0.15) is 47.0 Å². The van der Waals surface area contributed by atoms with Gasteiger partial charge in [0.2, 0.25) is 0 Å². The molecule has 0 saturated carbocycles. The number of nitrogens with two attached hydrogens (primary N) is 4. The standard InChI is InChI=1S/C6H14N4O2.C6H13NO2.C3H7NO2.C2H4O2/c7-4(5(11)12)2-1-3-10-6(8)9;1-4(2)3-5(7)6(8)9;1-2(4)3(5)6;1-2(3)4/h4H,1-3,7H2,(H,11,12)(H4,8,9,10);4-5H,3,7H2,1-2H3,(H,8,9);2H,4H2,1H3,(H,5,6);1H3,(H,3,4)/t4-;5-;2-;/m000./s1. The van der Waals surface area contributed by atoms with Gasteiger partial charge >= 0.3 is 17.9 Å². The predicted octanol–water partition coefficient (Wildman–Crippen LogP) is -1.38. The highest BCUT2D eigenvalue weighted by molar-refractivity contribution is 5.74. The maximum atomic E-state index is 10.2. The number of nitrogens with one attached hydrogen (secondary N) is 2. The quantitative estimate of drug-likeness (QED) is 0.109. The van der Waals surface area contributed by atoms with E-state index in [0.29, 0.717) is 31.7 Å². The first kappa shape index (κ1) is 35.5. The molecule has 0 fully saturated rings. The van der Waals surface area contributed by atoms with Gasteiger partial charge in [-0.2, -0.15) is 0 Å². The number of guanidine groups is 1. The zero-order valence-corrected chi connectivity index (χ0v) is 18.4. The molecular formula is C17H38N6O8. The summed E-state index contributed by atoms with van der Waals surface area (Å²) in [6.45, 7) is 6.88. The van der Waals surface area contributed by atoms with Crippen molar-refractivity contribution < 1.29 is 39.6 Å². The van der Waals surface area contributed by atoms with E-state index in [4.69, 9.17) is 53.6 Å². The van der Waals surface area contributed by atoms with Gasteiger partial charge in [-0.15, -0.1) is 0 Å². The van der Waals surface area contributed by atoms with Gasteiger partial charge in [-0.1, -0.05) is 13.8 Å². The van der Waals surface area contributed by atoms with Gasteiger partial charge in [0.25, 0.3) is 5.97 Å². The van der Waals surface area contributed by atoms with Gasteiger partial charge in [0, 0.05) is 13.5 Å². The van der Waals surface area contributed by atoms with Crippen LogP contribution >= 0.6 is 0 Å². The summed E-state index contributed by atoms with van der Waals surface area (Å²) in [6, 6.07) is -2.24. The molecule has 0 aliphatic heterocycles. The topological polar surface area (TPSA) is 289 Å². The maximum absolute atomic E-state index is 10.2. The van der Waals surface area contributed by atoms with E-state index in [1.807, 2.05) is 13.8 Å². The molecule has 31 heavy (non-hydrogen) atoms. The molecule has 0 bridgehead atoms. The molecule has 0 unspecified atom stereocenters. The van der Waals surface area contributed by atoms with E-state index in [0.717, 1.165) is 6.92 Å². The van der Waals surface area contributed by atoms with Crippen LogP contribution in [0.5, 0.6) is 0 Å². The van der Waals surface area contributed by atoms with Crippen molar-refractivity contribution >= 4 is 29.8 Å². The van der Waals surface area contributed by atoms with Gasteiger partial charge in [-0.05, 0) is 32.1 Å². The summed E-state index contributed by atoms with van der Waals surface area (Å²) in [5.41, 5.74) is 20.3. The molecule has 0 aliphatic rings. The Morgan fingerprint density at radius 2 is 1.23 bits per heavy atom. The first-order valence-electron chi connectivity index (χ1n) is 9.18. The van der Waals surface area contributed by atoms with Crippen LogP contribution in [0.2, 0.25) is 0 Å². The minimum absolute atomic E-state index is 0.112. The minimum Gasteiger partial charge on any atom is -0.481 e. The molecule has 184 valence electrons. The Kier molecular flexibility index (Phi) is 24.9. The maximum Gasteiger partial charge on any atom is 0.320 e. The Balaban J connectivity index is -0.000000169. The summed E-state index contributed by atoms with van der Waals surface area (Å²) in [7, 11) is 0. The smallest absolute Gasteiger partial charge is 0.320 e. The van der Waals surface area contributed by atoms with Crippen molar-refractivity contribution in [2.75, 3.05) is 6.54 Å². The van der Waals surface area contributed by atoms with E-state index in [1.54, 1.807) is 0 Å². The third kappa shape index (κ3) is 42.2. The second-order valence-corrected chi connectivity index (χ2v) is 6.65. The SMILES string of the molecule is CC(=O)O.CC(C)C[C@H](N)C(=O)O.C[C@H](N)C(=O)O.N=C(N)NCCC[C@H](N)C(=O)O. The van der Waals surface area contributed by atoms with Crippen LogP contribution in [0.15, 0.2) is 0 Å². The van der Waals surface area contributed by atoms with Crippen LogP contribution in [-0.2, 0) is 19.2 Å². The lowest BCUT2D eigenvalue weighted by Gasteiger charge is -2.07. The Bertz CT molecular complexity index is 539. The number of aliphatic carboxylic acids is 4. The van der Waals surface area contributed by atoms with Crippen molar-refractivity contribution in [3.05, 3.63) is 0 Å². The highest BCUT2D eigenvalue weighted by Gasteiger charge is 2.12. The highest BCUT2D eigenvalue weighted by atomic mass is 16.4. The van der Waals surface area contributed by atoms with Gasteiger partial charge in [0.1, 0.15) is 18.1 Å². The predicted molar refractivity (Wildman–Crippen MR) is 114 cm³/mol.